The monoisotopic (exact) mass is 299 g/mol. The number of ether oxygens (including phenoxy) is 1. The highest BCUT2D eigenvalue weighted by molar-refractivity contribution is 6.35. The summed E-state index contributed by atoms with van der Waals surface area (Å²) < 4.78 is 18.7. The van der Waals surface area contributed by atoms with Gasteiger partial charge >= 0.3 is 0 Å². The van der Waals surface area contributed by atoms with Gasteiger partial charge in [-0.1, -0.05) is 29.3 Å². The van der Waals surface area contributed by atoms with Crippen molar-refractivity contribution in [3.8, 4) is 5.75 Å². The van der Waals surface area contributed by atoms with Crippen molar-refractivity contribution in [3.05, 3.63) is 63.4 Å². The largest absolute Gasteiger partial charge is 0.488 e. The highest BCUT2D eigenvalue weighted by Crippen LogP contribution is 2.27. The smallest absolute Gasteiger partial charge is 0.124 e. The zero-order valence-corrected chi connectivity index (χ0v) is 11.5. The first-order valence-corrected chi connectivity index (χ1v) is 6.41. The minimum atomic E-state index is -0.344. The molecule has 0 atom stereocenters. The fraction of sp³-hybridized carbons (Fsp3) is 0.143. The van der Waals surface area contributed by atoms with Crippen LogP contribution in [0.4, 0.5) is 4.39 Å². The molecule has 0 unspecified atom stereocenters. The first kappa shape index (κ1) is 14.1. The van der Waals surface area contributed by atoms with Gasteiger partial charge in [-0.05, 0) is 30.3 Å². The summed E-state index contributed by atoms with van der Waals surface area (Å²) in [4.78, 5) is 0. The molecule has 2 aromatic rings. The lowest BCUT2D eigenvalue weighted by atomic mass is 10.2. The number of hydrogen-bond donors (Lipinski definition) is 1. The van der Waals surface area contributed by atoms with Crippen LogP contribution in [0.15, 0.2) is 36.4 Å². The van der Waals surface area contributed by atoms with Crippen LogP contribution < -0.4 is 10.5 Å². The molecule has 0 aliphatic heterocycles. The summed E-state index contributed by atoms with van der Waals surface area (Å²) in [5.74, 6) is 0.184. The van der Waals surface area contributed by atoms with Crippen LogP contribution in [0.2, 0.25) is 10.0 Å². The van der Waals surface area contributed by atoms with Gasteiger partial charge in [0.1, 0.15) is 18.2 Å². The van der Waals surface area contributed by atoms with Crippen molar-refractivity contribution in [1.82, 2.24) is 0 Å². The molecule has 0 aromatic heterocycles. The van der Waals surface area contributed by atoms with Gasteiger partial charge in [0.15, 0.2) is 0 Å². The van der Waals surface area contributed by atoms with E-state index in [9.17, 15) is 4.39 Å². The van der Waals surface area contributed by atoms with E-state index in [2.05, 4.69) is 0 Å². The van der Waals surface area contributed by atoms with Crippen LogP contribution in [-0.2, 0) is 13.2 Å². The Morgan fingerprint density at radius 1 is 1.11 bits per heavy atom. The molecule has 100 valence electrons. The van der Waals surface area contributed by atoms with Crippen molar-refractivity contribution in [1.29, 1.82) is 0 Å². The van der Waals surface area contributed by atoms with E-state index in [1.807, 2.05) is 0 Å². The van der Waals surface area contributed by atoms with E-state index in [-0.39, 0.29) is 19.0 Å². The SMILES string of the molecule is NCc1cc(F)ccc1OCc1c(Cl)cccc1Cl. The molecule has 0 heterocycles. The van der Waals surface area contributed by atoms with E-state index >= 15 is 0 Å². The average molecular weight is 300 g/mol. The summed E-state index contributed by atoms with van der Waals surface area (Å²) in [6.45, 7) is 0.403. The maximum Gasteiger partial charge on any atom is 0.124 e. The molecular formula is C14H12Cl2FNO. The van der Waals surface area contributed by atoms with Crippen LogP contribution in [0.3, 0.4) is 0 Å². The molecule has 0 bridgehead atoms. The predicted octanol–water partition coefficient (Wildman–Crippen LogP) is 4.17. The van der Waals surface area contributed by atoms with Gasteiger partial charge in [-0.2, -0.15) is 0 Å². The van der Waals surface area contributed by atoms with Crippen LogP contribution in [0.25, 0.3) is 0 Å². The Balaban J connectivity index is 2.19. The maximum atomic E-state index is 13.1. The topological polar surface area (TPSA) is 35.2 Å². The van der Waals surface area contributed by atoms with Gasteiger partial charge in [0.05, 0.1) is 0 Å². The molecule has 0 fully saturated rings. The second kappa shape index (κ2) is 6.24. The van der Waals surface area contributed by atoms with Gasteiger partial charge in [0, 0.05) is 27.7 Å². The van der Waals surface area contributed by atoms with Crippen LogP contribution in [0.5, 0.6) is 5.75 Å². The van der Waals surface area contributed by atoms with Crippen molar-refractivity contribution in [2.75, 3.05) is 0 Å². The standard InChI is InChI=1S/C14H12Cl2FNO/c15-12-2-1-3-13(16)11(12)8-19-14-5-4-10(17)6-9(14)7-18/h1-6H,7-8,18H2. The molecule has 2 N–H and O–H groups in total. The maximum absolute atomic E-state index is 13.1. The Morgan fingerprint density at radius 2 is 1.79 bits per heavy atom. The first-order valence-electron chi connectivity index (χ1n) is 5.66. The molecule has 5 heteroatoms. The van der Waals surface area contributed by atoms with Crippen molar-refractivity contribution in [2.45, 2.75) is 13.2 Å². The van der Waals surface area contributed by atoms with E-state index in [1.54, 1.807) is 24.3 Å². The van der Waals surface area contributed by atoms with E-state index < -0.39 is 0 Å². The molecule has 2 rings (SSSR count). The highest BCUT2D eigenvalue weighted by atomic mass is 35.5. The van der Waals surface area contributed by atoms with Crippen molar-refractivity contribution < 1.29 is 9.13 Å². The zero-order valence-electron chi connectivity index (χ0n) is 10.00. The summed E-state index contributed by atoms with van der Waals surface area (Å²) in [7, 11) is 0. The van der Waals surface area contributed by atoms with Crippen LogP contribution in [0, 0.1) is 5.82 Å². The molecule has 0 radical (unpaired) electrons. The molecule has 0 aliphatic rings. The third-order valence-electron chi connectivity index (χ3n) is 2.68. The molecule has 2 aromatic carbocycles. The van der Waals surface area contributed by atoms with Gasteiger partial charge in [0.2, 0.25) is 0 Å². The molecule has 0 saturated carbocycles. The van der Waals surface area contributed by atoms with Crippen molar-refractivity contribution in [2.24, 2.45) is 5.73 Å². The zero-order chi connectivity index (χ0) is 13.8. The Kier molecular flexibility index (Phi) is 4.64. The Hall–Kier alpha value is -1.29. The number of rotatable bonds is 4. The third kappa shape index (κ3) is 3.38. The lowest BCUT2D eigenvalue weighted by Gasteiger charge is -2.12. The van der Waals surface area contributed by atoms with Gasteiger partial charge < -0.3 is 10.5 Å². The van der Waals surface area contributed by atoms with Crippen LogP contribution in [-0.4, -0.2) is 0 Å². The summed E-state index contributed by atoms with van der Waals surface area (Å²) in [5, 5.41) is 1.06. The number of nitrogens with two attached hydrogens (primary N) is 1. The second-order valence-corrected chi connectivity index (χ2v) is 4.76. The van der Waals surface area contributed by atoms with E-state index in [0.717, 1.165) is 0 Å². The lowest BCUT2D eigenvalue weighted by Crippen LogP contribution is -2.04. The molecule has 19 heavy (non-hydrogen) atoms. The van der Waals surface area contributed by atoms with Gasteiger partial charge in [-0.3, -0.25) is 0 Å². The fourth-order valence-electron chi connectivity index (χ4n) is 1.67. The molecule has 2 nitrogen and oxygen atoms in total. The summed E-state index contributed by atoms with van der Waals surface area (Å²) in [6.07, 6.45) is 0. The number of benzene rings is 2. The molecule has 0 amide bonds. The quantitative estimate of drug-likeness (QED) is 0.919. The third-order valence-corrected chi connectivity index (χ3v) is 3.38. The van der Waals surface area contributed by atoms with Crippen molar-refractivity contribution in [3.63, 3.8) is 0 Å². The minimum Gasteiger partial charge on any atom is -0.488 e. The van der Waals surface area contributed by atoms with Gasteiger partial charge in [-0.25, -0.2) is 4.39 Å². The fourth-order valence-corrected chi connectivity index (χ4v) is 2.18. The summed E-state index contributed by atoms with van der Waals surface area (Å²) in [5.41, 5.74) is 6.84. The van der Waals surface area contributed by atoms with Crippen LogP contribution >= 0.6 is 23.2 Å². The van der Waals surface area contributed by atoms with Crippen LogP contribution in [0.1, 0.15) is 11.1 Å². The molecular weight excluding hydrogens is 288 g/mol. The Labute approximate surface area is 120 Å². The van der Waals surface area contributed by atoms with Gasteiger partial charge in [-0.15, -0.1) is 0 Å². The van der Waals surface area contributed by atoms with Crippen molar-refractivity contribution >= 4 is 23.2 Å². The molecule has 0 aliphatic carbocycles. The van der Waals surface area contributed by atoms with E-state index in [0.29, 0.717) is 26.9 Å². The summed E-state index contributed by atoms with van der Waals surface area (Å²) in [6, 6.07) is 9.45. The summed E-state index contributed by atoms with van der Waals surface area (Å²) >= 11 is 12.1. The molecule has 0 spiro atoms. The van der Waals surface area contributed by atoms with Gasteiger partial charge in [0.25, 0.3) is 0 Å². The van der Waals surface area contributed by atoms with E-state index in [1.165, 1.54) is 12.1 Å². The Bertz CT molecular complexity index is 569. The minimum absolute atomic E-state index is 0.198. The Morgan fingerprint density at radius 3 is 2.42 bits per heavy atom. The number of halogens is 3. The normalized spacial score (nSPS) is 10.5. The predicted molar refractivity (Wildman–Crippen MR) is 75.1 cm³/mol. The molecule has 0 saturated heterocycles. The number of hydrogen-bond acceptors (Lipinski definition) is 2. The highest BCUT2D eigenvalue weighted by Gasteiger charge is 2.08. The first-order chi connectivity index (χ1) is 9.11. The lowest BCUT2D eigenvalue weighted by molar-refractivity contribution is 0.302. The second-order valence-electron chi connectivity index (χ2n) is 3.95. The average Bonchev–Trinajstić information content (AvgIpc) is 2.39. The van der Waals surface area contributed by atoms with E-state index in [4.69, 9.17) is 33.7 Å².